The van der Waals surface area contributed by atoms with E-state index in [1.165, 1.54) is 43.2 Å². The summed E-state index contributed by atoms with van der Waals surface area (Å²) in [6.45, 7) is 0. The normalized spacial score (nSPS) is 16.9. The summed E-state index contributed by atoms with van der Waals surface area (Å²) in [5, 5.41) is 8.72. The van der Waals surface area contributed by atoms with Crippen LogP contribution in [0.4, 0.5) is 0 Å². The van der Waals surface area contributed by atoms with E-state index >= 15 is 0 Å². The zero-order valence-electron chi connectivity index (χ0n) is 13.1. The zero-order chi connectivity index (χ0) is 15.8. The minimum absolute atomic E-state index is 0.0665. The quantitative estimate of drug-likeness (QED) is 0.775. The molecule has 1 aliphatic rings. The number of carbonyl (C=O) groups is 1. The van der Waals surface area contributed by atoms with Crippen LogP contribution in [0.1, 0.15) is 44.1 Å². The topological polar surface area (TPSA) is 46.5 Å². The molecule has 118 valence electrons. The van der Waals surface area contributed by atoms with Gasteiger partial charge in [-0.3, -0.25) is 4.79 Å². The summed E-state index contributed by atoms with van der Waals surface area (Å²) in [6, 6.07) is 8.13. The van der Waals surface area contributed by atoms with Gasteiger partial charge in [0.25, 0.3) is 0 Å². The minimum Gasteiger partial charge on any atom is -0.497 e. The molecule has 1 aliphatic carbocycles. The van der Waals surface area contributed by atoms with Gasteiger partial charge in [-0.05, 0) is 42.0 Å². The monoisotopic (exact) mass is 300 g/mol. The second-order valence-corrected chi connectivity index (χ2v) is 5.71. The molecule has 1 saturated carbocycles. The van der Waals surface area contributed by atoms with Gasteiger partial charge in [0, 0.05) is 0 Å². The highest BCUT2D eigenvalue weighted by atomic mass is 16.5. The molecule has 0 saturated heterocycles. The highest BCUT2D eigenvalue weighted by Gasteiger charge is 2.18. The molecule has 1 N–H and O–H groups in total. The predicted octanol–water partition coefficient (Wildman–Crippen LogP) is 4.69. The molecule has 0 spiro atoms. The summed E-state index contributed by atoms with van der Waals surface area (Å²) >= 11 is 0. The summed E-state index contributed by atoms with van der Waals surface area (Å²) in [7, 11) is 1.67. The van der Waals surface area contributed by atoms with Crippen LogP contribution in [-0.4, -0.2) is 18.2 Å². The van der Waals surface area contributed by atoms with Crippen LogP contribution >= 0.6 is 0 Å². The lowest BCUT2D eigenvalue weighted by Gasteiger charge is -2.25. The number of rotatable bonds is 6. The van der Waals surface area contributed by atoms with Crippen molar-refractivity contribution in [3.63, 3.8) is 0 Å². The fourth-order valence-electron chi connectivity index (χ4n) is 3.01. The largest absolute Gasteiger partial charge is 0.497 e. The fourth-order valence-corrected chi connectivity index (χ4v) is 3.01. The molecule has 1 fully saturated rings. The lowest BCUT2D eigenvalue weighted by atomic mass is 9.80. The minimum atomic E-state index is -0.798. The molecule has 0 unspecified atom stereocenters. The average molecular weight is 300 g/mol. The van der Waals surface area contributed by atoms with E-state index in [-0.39, 0.29) is 6.42 Å². The lowest BCUT2D eigenvalue weighted by molar-refractivity contribution is -0.136. The smallest absolute Gasteiger partial charge is 0.307 e. The van der Waals surface area contributed by atoms with Crippen molar-refractivity contribution < 1.29 is 14.6 Å². The molecule has 0 aromatic heterocycles. The van der Waals surface area contributed by atoms with Crippen LogP contribution in [-0.2, 0) is 4.79 Å². The van der Waals surface area contributed by atoms with Crippen LogP contribution in [0.5, 0.6) is 5.75 Å². The van der Waals surface area contributed by atoms with Crippen molar-refractivity contribution in [1.82, 2.24) is 0 Å². The van der Waals surface area contributed by atoms with Gasteiger partial charge < -0.3 is 9.84 Å². The van der Waals surface area contributed by atoms with Gasteiger partial charge in [-0.1, -0.05) is 49.6 Å². The van der Waals surface area contributed by atoms with E-state index in [1.807, 2.05) is 18.2 Å². The van der Waals surface area contributed by atoms with Crippen molar-refractivity contribution in [2.24, 2.45) is 5.92 Å². The van der Waals surface area contributed by atoms with Gasteiger partial charge in [0.05, 0.1) is 13.5 Å². The van der Waals surface area contributed by atoms with Crippen LogP contribution < -0.4 is 4.74 Å². The Morgan fingerprint density at radius 1 is 1.23 bits per heavy atom. The second-order valence-electron chi connectivity index (χ2n) is 5.71. The molecule has 0 heterocycles. The Bertz CT molecular complexity index is 534. The Morgan fingerprint density at radius 3 is 2.50 bits per heavy atom. The molecule has 1 aromatic carbocycles. The summed E-state index contributed by atoms with van der Waals surface area (Å²) < 4.78 is 5.22. The third kappa shape index (κ3) is 4.76. The van der Waals surface area contributed by atoms with Crippen LogP contribution in [0.3, 0.4) is 0 Å². The highest BCUT2D eigenvalue weighted by Crippen LogP contribution is 2.35. The van der Waals surface area contributed by atoms with E-state index in [4.69, 9.17) is 9.84 Å². The second kappa shape index (κ2) is 8.42. The molecule has 3 heteroatoms. The predicted molar refractivity (Wildman–Crippen MR) is 88.9 cm³/mol. The number of ether oxygens (including phenoxy) is 1. The summed E-state index contributed by atoms with van der Waals surface area (Å²) in [6.07, 6.45) is 12.0. The van der Waals surface area contributed by atoms with Crippen molar-refractivity contribution in [3.05, 3.63) is 48.1 Å². The molecule has 0 aliphatic heterocycles. The van der Waals surface area contributed by atoms with E-state index in [0.717, 1.165) is 5.75 Å². The maximum Gasteiger partial charge on any atom is 0.307 e. The van der Waals surface area contributed by atoms with E-state index < -0.39 is 5.97 Å². The highest BCUT2D eigenvalue weighted by molar-refractivity contribution is 5.71. The summed E-state index contributed by atoms with van der Waals surface area (Å²) in [4.78, 5) is 10.6. The van der Waals surface area contributed by atoms with Gasteiger partial charge in [0.15, 0.2) is 0 Å². The molecule has 3 nitrogen and oxygen atoms in total. The van der Waals surface area contributed by atoms with Gasteiger partial charge in [-0.25, -0.2) is 0 Å². The number of benzene rings is 1. The van der Waals surface area contributed by atoms with E-state index in [0.29, 0.717) is 5.92 Å². The molecular formula is C19H24O3. The molecular weight excluding hydrogens is 276 g/mol. The Balaban J connectivity index is 2.20. The maximum absolute atomic E-state index is 10.6. The van der Waals surface area contributed by atoms with Crippen molar-refractivity contribution in [3.8, 4) is 5.75 Å². The van der Waals surface area contributed by atoms with Gasteiger partial charge in [-0.2, -0.15) is 0 Å². The summed E-state index contributed by atoms with van der Waals surface area (Å²) in [5.74, 6) is 0.623. The van der Waals surface area contributed by atoms with Crippen molar-refractivity contribution in [2.75, 3.05) is 7.11 Å². The van der Waals surface area contributed by atoms with Crippen LogP contribution in [0.2, 0.25) is 0 Å². The lowest BCUT2D eigenvalue weighted by Crippen LogP contribution is -2.08. The van der Waals surface area contributed by atoms with Gasteiger partial charge in [-0.15, -0.1) is 0 Å². The first kappa shape index (κ1) is 16.3. The molecule has 1 aromatic rings. The zero-order valence-corrected chi connectivity index (χ0v) is 13.1. The molecule has 2 rings (SSSR count). The average Bonchev–Trinajstić information content (AvgIpc) is 2.56. The number of allylic oxidation sites excluding steroid dienone is 3. The van der Waals surface area contributed by atoms with Crippen LogP contribution in [0, 0.1) is 5.92 Å². The molecule has 0 bridgehead atoms. The van der Waals surface area contributed by atoms with Crippen molar-refractivity contribution in [1.29, 1.82) is 0 Å². The third-order valence-corrected chi connectivity index (χ3v) is 4.17. The van der Waals surface area contributed by atoms with E-state index in [2.05, 4.69) is 18.2 Å². The first-order valence-electron chi connectivity index (χ1n) is 7.93. The Kier molecular flexibility index (Phi) is 6.26. The number of methoxy groups -OCH3 is 1. The Hall–Kier alpha value is -2.03. The first-order valence-corrected chi connectivity index (χ1v) is 7.93. The van der Waals surface area contributed by atoms with Crippen LogP contribution in [0.15, 0.2) is 42.5 Å². The van der Waals surface area contributed by atoms with E-state index in [1.54, 1.807) is 13.2 Å². The van der Waals surface area contributed by atoms with Gasteiger partial charge >= 0.3 is 5.97 Å². The van der Waals surface area contributed by atoms with Crippen molar-refractivity contribution >= 4 is 11.5 Å². The maximum atomic E-state index is 10.6. The standard InChI is InChI=1S/C19H24O3/c1-22-17-13-11-16(12-14-17)18(9-5-6-10-19(20)21)15-7-3-2-4-8-15/h5-6,9,11-15H,2-4,7-8,10H2,1H3,(H,20,21)/b6-5+,18-9-. The number of hydrogen-bond donors (Lipinski definition) is 1. The molecule has 22 heavy (non-hydrogen) atoms. The van der Waals surface area contributed by atoms with Gasteiger partial charge in [0.2, 0.25) is 0 Å². The SMILES string of the molecule is COc1ccc(/C(=C\C=C\CC(=O)O)C2CCCCC2)cc1. The number of carboxylic acid groups (broad SMARTS) is 1. The van der Waals surface area contributed by atoms with Crippen molar-refractivity contribution in [2.45, 2.75) is 38.5 Å². The Labute approximate surface area is 132 Å². The Morgan fingerprint density at radius 2 is 1.91 bits per heavy atom. The summed E-state index contributed by atoms with van der Waals surface area (Å²) in [5.41, 5.74) is 2.51. The molecule has 0 atom stereocenters. The first-order chi connectivity index (χ1) is 10.7. The fraction of sp³-hybridized carbons (Fsp3) is 0.421. The number of hydrogen-bond acceptors (Lipinski definition) is 2. The van der Waals surface area contributed by atoms with E-state index in [9.17, 15) is 4.79 Å². The number of carboxylic acids is 1. The third-order valence-electron chi connectivity index (χ3n) is 4.17. The van der Waals surface area contributed by atoms with Gasteiger partial charge in [0.1, 0.15) is 5.75 Å². The van der Waals surface area contributed by atoms with Crippen LogP contribution in [0.25, 0.3) is 5.57 Å². The molecule has 0 radical (unpaired) electrons. The number of aliphatic carboxylic acids is 1. The molecule has 0 amide bonds.